The molecule has 9 heteroatoms. The van der Waals surface area contributed by atoms with Gasteiger partial charge in [-0.25, -0.2) is 4.90 Å². The molecule has 32 heavy (non-hydrogen) atoms. The lowest BCUT2D eigenvalue weighted by atomic mass is 10.1. The molecule has 0 atom stereocenters. The zero-order valence-electron chi connectivity index (χ0n) is 17.8. The van der Waals surface area contributed by atoms with Crippen LogP contribution in [-0.2, 0) is 18.4 Å². The number of nitrogens with one attached hydrogen (secondary N) is 1. The van der Waals surface area contributed by atoms with E-state index in [1.807, 2.05) is 49.4 Å². The van der Waals surface area contributed by atoms with E-state index in [9.17, 15) is 4.79 Å². The Bertz CT molecular complexity index is 1240. The van der Waals surface area contributed by atoms with E-state index in [4.69, 9.17) is 21.7 Å². The van der Waals surface area contributed by atoms with Crippen molar-refractivity contribution in [2.45, 2.75) is 13.5 Å². The molecular formula is C23H21BrN4O3S. The predicted octanol–water partition coefficient (Wildman–Crippen LogP) is 4.34. The fourth-order valence-corrected chi connectivity index (χ4v) is 4.12. The third kappa shape index (κ3) is 4.53. The van der Waals surface area contributed by atoms with Gasteiger partial charge in [-0.3, -0.25) is 9.48 Å². The Hall–Kier alpha value is -3.17. The molecule has 4 rings (SSSR count). The molecule has 1 aromatic heterocycles. The summed E-state index contributed by atoms with van der Waals surface area (Å²) in [5.41, 5.74) is 3.46. The molecule has 164 valence electrons. The van der Waals surface area contributed by atoms with E-state index in [1.165, 1.54) is 4.90 Å². The van der Waals surface area contributed by atoms with E-state index in [2.05, 4.69) is 26.3 Å². The maximum Gasteiger partial charge on any atom is 0.281 e. The fourth-order valence-electron chi connectivity index (χ4n) is 3.45. The molecule has 1 fully saturated rings. The number of amides is 1. The summed E-state index contributed by atoms with van der Waals surface area (Å²) in [5.74, 6) is 1.22. The summed E-state index contributed by atoms with van der Waals surface area (Å²) in [4.78, 5) is 14.5. The molecule has 1 N–H and O–H groups in total. The molecule has 0 saturated carbocycles. The molecular weight excluding hydrogens is 492 g/mol. The van der Waals surface area contributed by atoms with Crippen LogP contribution in [0.4, 0.5) is 5.69 Å². The summed E-state index contributed by atoms with van der Waals surface area (Å²) in [6.07, 6.45) is 3.54. The van der Waals surface area contributed by atoms with Gasteiger partial charge in [0.05, 0.1) is 18.5 Å². The van der Waals surface area contributed by atoms with Gasteiger partial charge < -0.3 is 14.8 Å². The van der Waals surface area contributed by atoms with E-state index in [0.717, 1.165) is 27.0 Å². The van der Waals surface area contributed by atoms with Crippen LogP contribution in [0.3, 0.4) is 0 Å². The highest BCUT2D eigenvalue weighted by atomic mass is 79.9. The SMILES string of the molecule is COc1ccc(/C=C2/NC(=S)N(c3cn(C)nc3C)C2=O)cc1COc1cccc(Br)c1. The van der Waals surface area contributed by atoms with Gasteiger partial charge in [-0.1, -0.05) is 28.1 Å². The van der Waals surface area contributed by atoms with Crippen LogP contribution >= 0.6 is 28.1 Å². The van der Waals surface area contributed by atoms with E-state index >= 15 is 0 Å². The predicted molar refractivity (Wildman–Crippen MR) is 131 cm³/mol. The molecule has 0 spiro atoms. The molecule has 0 bridgehead atoms. The lowest BCUT2D eigenvalue weighted by Gasteiger charge is -2.12. The van der Waals surface area contributed by atoms with Crippen molar-refractivity contribution < 1.29 is 14.3 Å². The van der Waals surface area contributed by atoms with Crippen LogP contribution < -0.4 is 19.7 Å². The summed E-state index contributed by atoms with van der Waals surface area (Å²) in [7, 11) is 3.42. The van der Waals surface area contributed by atoms with Gasteiger partial charge in [0.25, 0.3) is 5.91 Å². The fraction of sp³-hybridized carbons (Fsp3) is 0.174. The van der Waals surface area contributed by atoms with Gasteiger partial charge in [-0.15, -0.1) is 0 Å². The summed E-state index contributed by atoms with van der Waals surface area (Å²) in [6, 6.07) is 13.3. The number of aromatic nitrogens is 2. The van der Waals surface area contributed by atoms with Crippen molar-refractivity contribution in [2.75, 3.05) is 12.0 Å². The number of halogens is 1. The quantitative estimate of drug-likeness (QED) is 0.391. The Labute approximate surface area is 199 Å². The molecule has 0 radical (unpaired) electrons. The zero-order valence-corrected chi connectivity index (χ0v) is 20.2. The Balaban J connectivity index is 1.58. The lowest BCUT2D eigenvalue weighted by molar-refractivity contribution is -0.113. The Morgan fingerprint density at radius 3 is 2.75 bits per heavy atom. The first-order valence-corrected chi connectivity index (χ1v) is 11.0. The molecule has 1 aliphatic rings. The third-order valence-corrected chi connectivity index (χ3v) is 5.69. The Morgan fingerprint density at radius 2 is 2.06 bits per heavy atom. The standard InChI is InChI=1S/C23H21BrN4O3S/c1-14-20(12-27(2)26-14)28-22(29)19(25-23(28)32)10-15-7-8-21(30-3)16(9-15)13-31-18-6-4-5-17(24)11-18/h4-12H,13H2,1-3H3,(H,25,32)/b19-10+. The minimum absolute atomic E-state index is 0.228. The summed E-state index contributed by atoms with van der Waals surface area (Å²) < 4.78 is 14.0. The molecule has 7 nitrogen and oxygen atoms in total. The highest BCUT2D eigenvalue weighted by Crippen LogP contribution is 2.27. The van der Waals surface area contributed by atoms with E-state index in [0.29, 0.717) is 28.9 Å². The van der Waals surface area contributed by atoms with E-state index < -0.39 is 0 Å². The summed E-state index contributed by atoms with van der Waals surface area (Å²) >= 11 is 8.85. The number of thiocarbonyl (C=S) groups is 1. The van der Waals surface area contributed by atoms with Crippen molar-refractivity contribution in [2.24, 2.45) is 7.05 Å². The topological polar surface area (TPSA) is 68.6 Å². The average molecular weight is 513 g/mol. The molecule has 2 heterocycles. The van der Waals surface area contributed by atoms with Crippen molar-refractivity contribution in [1.29, 1.82) is 0 Å². The maximum atomic E-state index is 13.0. The van der Waals surface area contributed by atoms with Crippen molar-refractivity contribution in [1.82, 2.24) is 15.1 Å². The molecule has 1 saturated heterocycles. The second-order valence-corrected chi connectivity index (χ2v) is 8.52. The second-order valence-electron chi connectivity index (χ2n) is 7.22. The third-order valence-electron chi connectivity index (χ3n) is 4.91. The monoisotopic (exact) mass is 512 g/mol. The van der Waals surface area contributed by atoms with Gasteiger partial charge in [-0.05, 0) is 61.1 Å². The number of carbonyl (C=O) groups is 1. The normalized spacial score (nSPS) is 14.8. The van der Waals surface area contributed by atoms with Crippen LogP contribution in [0.25, 0.3) is 6.08 Å². The number of aryl methyl sites for hydroxylation is 2. The Morgan fingerprint density at radius 1 is 1.25 bits per heavy atom. The molecule has 1 aliphatic heterocycles. The minimum atomic E-state index is -0.228. The van der Waals surface area contributed by atoms with Crippen LogP contribution in [0.15, 0.2) is 58.8 Å². The number of methoxy groups -OCH3 is 1. The van der Waals surface area contributed by atoms with Crippen LogP contribution in [0.2, 0.25) is 0 Å². The average Bonchev–Trinajstić information content (AvgIpc) is 3.23. The smallest absolute Gasteiger partial charge is 0.281 e. The van der Waals surface area contributed by atoms with E-state index in [1.54, 1.807) is 31.1 Å². The number of benzene rings is 2. The van der Waals surface area contributed by atoms with E-state index in [-0.39, 0.29) is 5.91 Å². The van der Waals surface area contributed by atoms with Crippen molar-refractivity contribution >= 4 is 50.9 Å². The molecule has 0 aliphatic carbocycles. The first-order chi connectivity index (χ1) is 15.4. The zero-order chi connectivity index (χ0) is 22.8. The van der Waals surface area contributed by atoms with Gasteiger partial charge in [0.1, 0.15) is 23.8 Å². The van der Waals surface area contributed by atoms with Crippen molar-refractivity contribution in [3.8, 4) is 11.5 Å². The van der Waals surface area contributed by atoms with Crippen LogP contribution in [0.1, 0.15) is 16.8 Å². The molecule has 2 aromatic carbocycles. The number of hydrogen-bond donors (Lipinski definition) is 1. The molecule has 1 amide bonds. The first kappa shape index (κ1) is 22.0. The number of anilines is 1. The molecule has 0 unspecified atom stereocenters. The maximum absolute atomic E-state index is 13.0. The number of hydrogen-bond acceptors (Lipinski definition) is 5. The van der Waals surface area contributed by atoms with Gasteiger partial charge >= 0.3 is 0 Å². The number of nitrogens with zero attached hydrogens (tertiary/aromatic N) is 3. The van der Waals surface area contributed by atoms with Gasteiger partial charge in [0.2, 0.25) is 0 Å². The van der Waals surface area contributed by atoms with Gasteiger partial charge in [0.15, 0.2) is 5.11 Å². The van der Waals surface area contributed by atoms with Crippen LogP contribution in [0.5, 0.6) is 11.5 Å². The Kier molecular flexibility index (Phi) is 6.29. The first-order valence-electron chi connectivity index (χ1n) is 9.78. The van der Waals surface area contributed by atoms with Crippen molar-refractivity contribution in [3.05, 3.63) is 75.7 Å². The second kappa shape index (κ2) is 9.13. The summed E-state index contributed by atoms with van der Waals surface area (Å²) in [5, 5.41) is 7.64. The summed E-state index contributed by atoms with van der Waals surface area (Å²) in [6.45, 7) is 2.16. The van der Waals surface area contributed by atoms with Crippen LogP contribution in [0, 0.1) is 6.92 Å². The van der Waals surface area contributed by atoms with Gasteiger partial charge in [-0.2, -0.15) is 5.10 Å². The largest absolute Gasteiger partial charge is 0.496 e. The highest BCUT2D eigenvalue weighted by Gasteiger charge is 2.33. The number of carbonyl (C=O) groups excluding carboxylic acids is 1. The number of rotatable bonds is 6. The van der Waals surface area contributed by atoms with Gasteiger partial charge in [0, 0.05) is 23.3 Å². The minimum Gasteiger partial charge on any atom is -0.496 e. The molecule has 3 aromatic rings. The lowest BCUT2D eigenvalue weighted by Crippen LogP contribution is -2.30. The number of ether oxygens (including phenoxy) is 2. The van der Waals surface area contributed by atoms with Crippen LogP contribution in [-0.4, -0.2) is 27.9 Å². The van der Waals surface area contributed by atoms with Crippen molar-refractivity contribution in [3.63, 3.8) is 0 Å². The highest BCUT2D eigenvalue weighted by molar-refractivity contribution is 9.10.